The van der Waals surface area contributed by atoms with Crippen molar-refractivity contribution in [1.29, 1.82) is 0 Å². The third kappa shape index (κ3) is 4.65. The number of nitrogens with zero attached hydrogens (tertiary/aromatic N) is 3. The highest BCUT2D eigenvalue weighted by molar-refractivity contribution is 6.06. The van der Waals surface area contributed by atoms with Crippen LogP contribution in [0.15, 0.2) is 36.4 Å². The van der Waals surface area contributed by atoms with Gasteiger partial charge in [-0.05, 0) is 43.3 Å². The van der Waals surface area contributed by atoms with Gasteiger partial charge in [0.15, 0.2) is 0 Å². The number of nitro groups is 1. The zero-order valence-electron chi connectivity index (χ0n) is 17.0. The van der Waals surface area contributed by atoms with Crippen LogP contribution in [-0.4, -0.2) is 55.6 Å². The molecule has 8 heteroatoms. The number of piperazine rings is 1. The first-order chi connectivity index (χ1) is 13.9. The highest BCUT2D eigenvalue weighted by Crippen LogP contribution is 2.27. The third-order valence-corrected chi connectivity index (χ3v) is 5.25. The second-order valence-electron chi connectivity index (χ2n) is 7.02. The summed E-state index contributed by atoms with van der Waals surface area (Å²) in [6.07, 6.45) is 0. The van der Waals surface area contributed by atoms with Crippen molar-refractivity contribution in [3.05, 3.63) is 57.6 Å². The number of nitro benzene ring substituents is 1. The Morgan fingerprint density at radius 2 is 1.90 bits per heavy atom. The van der Waals surface area contributed by atoms with E-state index in [1.807, 2.05) is 25.1 Å². The number of hydrogen-bond donors (Lipinski definition) is 1. The molecule has 2 aromatic carbocycles. The predicted molar refractivity (Wildman–Crippen MR) is 113 cm³/mol. The normalized spacial score (nSPS) is 14.5. The van der Waals surface area contributed by atoms with Gasteiger partial charge in [0, 0.05) is 49.7 Å². The first-order valence-electron chi connectivity index (χ1n) is 9.64. The maximum Gasteiger partial charge on any atom is 0.270 e. The summed E-state index contributed by atoms with van der Waals surface area (Å²) in [5, 5.41) is 13.8. The van der Waals surface area contributed by atoms with Crippen molar-refractivity contribution in [1.82, 2.24) is 4.90 Å². The van der Waals surface area contributed by atoms with Crippen molar-refractivity contribution in [2.75, 3.05) is 50.1 Å². The molecule has 2 aromatic rings. The lowest BCUT2D eigenvalue weighted by Crippen LogP contribution is -2.46. The maximum absolute atomic E-state index is 12.7. The summed E-state index contributed by atoms with van der Waals surface area (Å²) in [5.74, 6) is -0.163. The molecule has 0 saturated carbocycles. The fourth-order valence-electron chi connectivity index (χ4n) is 3.58. The number of nitrogens with one attached hydrogen (secondary N) is 1. The van der Waals surface area contributed by atoms with E-state index in [9.17, 15) is 14.9 Å². The Hall–Kier alpha value is -3.13. The van der Waals surface area contributed by atoms with Gasteiger partial charge < -0.3 is 19.9 Å². The number of amides is 1. The predicted octanol–water partition coefficient (Wildman–Crippen LogP) is 3.31. The quantitative estimate of drug-likeness (QED) is 0.593. The van der Waals surface area contributed by atoms with Crippen LogP contribution < -0.4 is 15.0 Å². The van der Waals surface area contributed by atoms with Gasteiger partial charge in [0.2, 0.25) is 0 Å². The van der Waals surface area contributed by atoms with Crippen molar-refractivity contribution in [2.24, 2.45) is 0 Å². The first kappa shape index (κ1) is 20.6. The average molecular weight is 398 g/mol. The van der Waals surface area contributed by atoms with E-state index in [1.165, 1.54) is 25.3 Å². The van der Waals surface area contributed by atoms with Crippen LogP contribution in [0.5, 0.6) is 5.75 Å². The summed E-state index contributed by atoms with van der Waals surface area (Å²) in [6, 6.07) is 9.75. The lowest BCUT2D eigenvalue weighted by molar-refractivity contribution is -0.384. The number of carbonyl (C=O) groups is 1. The minimum atomic E-state index is -0.534. The Morgan fingerprint density at radius 3 is 2.48 bits per heavy atom. The van der Waals surface area contributed by atoms with E-state index in [0.717, 1.165) is 44.0 Å². The van der Waals surface area contributed by atoms with Gasteiger partial charge in [0.1, 0.15) is 5.75 Å². The largest absolute Gasteiger partial charge is 0.496 e. The molecule has 154 valence electrons. The molecule has 29 heavy (non-hydrogen) atoms. The molecule has 0 atom stereocenters. The van der Waals surface area contributed by atoms with Gasteiger partial charge in [0.25, 0.3) is 11.6 Å². The summed E-state index contributed by atoms with van der Waals surface area (Å²) in [4.78, 5) is 28.0. The molecule has 1 aliphatic rings. The molecule has 0 aliphatic carbocycles. The number of benzene rings is 2. The molecule has 1 aliphatic heterocycles. The standard InChI is InChI=1S/C21H26N4O4/c1-4-23-9-11-24(12-10-23)19-7-5-16(13-15(19)2)22-21(26)18-14-17(25(27)28)6-8-20(18)29-3/h5-8,13-14H,4,9-12H2,1-3H3,(H,22,26). The van der Waals surface area contributed by atoms with Gasteiger partial charge in [-0.1, -0.05) is 6.92 Å². The molecule has 0 aromatic heterocycles. The number of likely N-dealkylation sites (N-methyl/N-ethyl adjacent to an activating group) is 1. The molecule has 0 radical (unpaired) electrons. The average Bonchev–Trinajstić information content (AvgIpc) is 2.73. The molecular formula is C21H26N4O4. The van der Waals surface area contributed by atoms with Crippen LogP contribution >= 0.6 is 0 Å². The van der Waals surface area contributed by atoms with E-state index in [2.05, 4.69) is 22.0 Å². The van der Waals surface area contributed by atoms with Crippen LogP contribution in [0.3, 0.4) is 0 Å². The van der Waals surface area contributed by atoms with E-state index in [4.69, 9.17) is 4.74 Å². The minimum Gasteiger partial charge on any atom is -0.496 e. The number of methoxy groups -OCH3 is 1. The lowest BCUT2D eigenvalue weighted by Gasteiger charge is -2.36. The Kier molecular flexibility index (Phi) is 6.33. The van der Waals surface area contributed by atoms with Gasteiger partial charge in [-0.2, -0.15) is 0 Å². The van der Waals surface area contributed by atoms with Crippen molar-refractivity contribution < 1.29 is 14.5 Å². The van der Waals surface area contributed by atoms with Crippen LogP contribution in [0.4, 0.5) is 17.1 Å². The number of ether oxygens (including phenoxy) is 1. The van der Waals surface area contributed by atoms with Gasteiger partial charge >= 0.3 is 0 Å². The van der Waals surface area contributed by atoms with Crippen LogP contribution in [0.25, 0.3) is 0 Å². The number of hydrogen-bond acceptors (Lipinski definition) is 6. The Bertz CT molecular complexity index is 908. The Labute approximate surface area is 170 Å². The number of aryl methyl sites for hydroxylation is 1. The highest BCUT2D eigenvalue weighted by Gasteiger charge is 2.20. The van der Waals surface area contributed by atoms with Gasteiger partial charge in [-0.25, -0.2) is 0 Å². The van der Waals surface area contributed by atoms with Gasteiger partial charge in [-0.15, -0.1) is 0 Å². The number of anilines is 2. The molecule has 1 heterocycles. The smallest absolute Gasteiger partial charge is 0.270 e. The van der Waals surface area contributed by atoms with Crippen LogP contribution in [0.2, 0.25) is 0 Å². The summed E-state index contributed by atoms with van der Waals surface area (Å²) < 4.78 is 5.18. The van der Waals surface area contributed by atoms with Crippen molar-refractivity contribution in [3.8, 4) is 5.75 Å². The fraction of sp³-hybridized carbons (Fsp3) is 0.381. The van der Waals surface area contributed by atoms with E-state index >= 15 is 0 Å². The van der Waals surface area contributed by atoms with Crippen molar-refractivity contribution in [3.63, 3.8) is 0 Å². The van der Waals surface area contributed by atoms with Gasteiger partial charge in [-0.3, -0.25) is 14.9 Å². The monoisotopic (exact) mass is 398 g/mol. The van der Waals surface area contributed by atoms with Crippen molar-refractivity contribution in [2.45, 2.75) is 13.8 Å². The zero-order valence-corrected chi connectivity index (χ0v) is 17.0. The van der Waals surface area contributed by atoms with Gasteiger partial charge in [0.05, 0.1) is 17.6 Å². The zero-order chi connectivity index (χ0) is 21.0. The number of carbonyl (C=O) groups excluding carboxylic acids is 1. The molecule has 8 nitrogen and oxygen atoms in total. The molecular weight excluding hydrogens is 372 g/mol. The SMILES string of the molecule is CCN1CCN(c2ccc(NC(=O)c3cc([N+](=O)[O-])ccc3OC)cc2C)CC1. The minimum absolute atomic E-state index is 0.124. The summed E-state index contributed by atoms with van der Waals surface area (Å²) in [5.41, 5.74) is 2.83. The molecule has 0 bridgehead atoms. The Balaban J connectivity index is 1.76. The van der Waals surface area contributed by atoms with Crippen LogP contribution in [-0.2, 0) is 0 Å². The van der Waals surface area contributed by atoms with Crippen molar-refractivity contribution >= 4 is 23.0 Å². The summed E-state index contributed by atoms with van der Waals surface area (Å²) in [7, 11) is 1.43. The van der Waals surface area contributed by atoms with E-state index < -0.39 is 10.8 Å². The molecule has 0 spiro atoms. The second kappa shape index (κ2) is 8.91. The number of rotatable bonds is 6. The topological polar surface area (TPSA) is 88.0 Å². The molecule has 1 saturated heterocycles. The summed E-state index contributed by atoms with van der Waals surface area (Å²) >= 11 is 0. The third-order valence-electron chi connectivity index (χ3n) is 5.25. The Morgan fingerprint density at radius 1 is 1.17 bits per heavy atom. The maximum atomic E-state index is 12.7. The molecule has 1 N–H and O–H groups in total. The molecule has 1 amide bonds. The van der Waals surface area contributed by atoms with Crippen LogP contribution in [0, 0.1) is 17.0 Å². The molecule has 0 unspecified atom stereocenters. The van der Waals surface area contributed by atoms with E-state index in [0.29, 0.717) is 5.69 Å². The second-order valence-corrected chi connectivity index (χ2v) is 7.02. The summed E-state index contributed by atoms with van der Waals surface area (Å²) in [6.45, 7) is 9.30. The fourth-order valence-corrected chi connectivity index (χ4v) is 3.58. The highest BCUT2D eigenvalue weighted by atomic mass is 16.6. The lowest BCUT2D eigenvalue weighted by atomic mass is 10.1. The van der Waals surface area contributed by atoms with Crippen LogP contribution in [0.1, 0.15) is 22.8 Å². The molecule has 3 rings (SSSR count). The van der Waals surface area contributed by atoms with E-state index in [1.54, 1.807) is 0 Å². The number of non-ortho nitro benzene ring substituents is 1. The van der Waals surface area contributed by atoms with E-state index in [-0.39, 0.29) is 17.0 Å². The first-order valence-corrected chi connectivity index (χ1v) is 9.64. The molecule has 1 fully saturated rings.